The zero-order valence-electron chi connectivity index (χ0n) is 14.5. The Labute approximate surface area is 153 Å². The van der Waals surface area contributed by atoms with Gasteiger partial charge in [0, 0.05) is 30.7 Å². The summed E-state index contributed by atoms with van der Waals surface area (Å²) in [5.41, 5.74) is 2.07. The Morgan fingerprint density at radius 2 is 2.12 bits per heavy atom. The lowest BCUT2D eigenvalue weighted by molar-refractivity contribution is 0.0677. The maximum atomic E-state index is 12.7. The highest BCUT2D eigenvalue weighted by Gasteiger charge is 2.23. The molecule has 1 saturated heterocycles. The standard InChI is InChI=1S/C19H22ClN3O2/c1-13-4-3-9-23(12-13)19(24)17-11-15(7-8-21-17)22-14-5-6-18(25-2)16(20)10-14/h5-8,10-11,13H,3-4,9,12H2,1-2H3,(H,21,22). The number of nitrogens with one attached hydrogen (secondary N) is 1. The number of pyridine rings is 1. The summed E-state index contributed by atoms with van der Waals surface area (Å²) in [6.07, 6.45) is 3.88. The van der Waals surface area contributed by atoms with Gasteiger partial charge in [0.1, 0.15) is 11.4 Å². The Kier molecular flexibility index (Phi) is 5.43. The van der Waals surface area contributed by atoms with Crippen LogP contribution in [-0.4, -0.2) is 36.0 Å². The molecular formula is C19H22ClN3O2. The van der Waals surface area contributed by atoms with Gasteiger partial charge in [-0.15, -0.1) is 0 Å². The average Bonchev–Trinajstić information content (AvgIpc) is 2.61. The second kappa shape index (κ2) is 7.74. The van der Waals surface area contributed by atoms with Gasteiger partial charge in [0.15, 0.2) is 0 Å². The van der Waals surface area contributed by atoms with Gasteiger partial charge in [-0.1, -0.05) is 18.5 Å². The van der Waals surface area contributed by atoms with Crippen LogP contribution in [0.25, 0.3) is 0 Å². The second-order valence-corrected chi connectivity index (χ2v) is 6.81. The van der Waals surface area contributed by atoms with Gasteiger partial charge in [0.05, 0.1) is 12.1 Å². The first-order valence-corrected chi connectivity index (χ1v) is 8.80. The van der Waals surface area contributed by atoms with E-state index in [4.69, 9.17) is 16.3 Å². The molecule has 2 heterocycles. The number of anilines is 2. The van der Waals surface area contributed by atoms with Crippen molar-refractivity contribution in [1.29, 1.82) is 0 Å². The number of amides is 1. The van der Waals surface area contributed by atoms with Crippen molar-refractivity contribution in [2.45, 2.75) is 19.8 Å². The maximum Gasteiger partial charge on any atom is 0.272 e. The molecule has 1 atom stereocenters. The van der Waals surface area contributed by atoms with Gasteiger partial charge in [0.2, 0.25) is 0 Å². The van der Waals surface area contributed by atoms with E-state index in [-0.39, 0.29) is 5.91 Å². The van der Waals surface area contributed by atoms with Crippen LogP contribution in [0.1, 0.15) is 30.3 Å². The van der Waals surface area contributed by atoms with Gasteiger partial charge in [0.25, 0.3) is 5.91 Å². The zero-order valence-corrected chi connectivity index (χ0v) is 15.2. The third-order valence-electron chi connectivity index (χ3n) is 4.36. The van der Waals surface area contributed by atoms with E-state index in [9.17, 15) is 4.79 Å². The molecule has 1 amide bonds. The van der Waals surface area contributed by atoms with Crippen LogP contribution in [-0.2, 0) is 0 Å². The molecule has 1 N–H and O–H groups in total. The molecular weight excluding hydrogens is 338 g/mol. The minimum Gasteiger partial charge on any atom is -0.495 e. The first kappa shape index (κ1) is 17.5. The van der Waals surface area contributed by atoms with Crippen molar-refractivity contribution < 1.29 is 9.53 Å². The normalized spacial score (nSPS) is 17.2. The summed E-state index contributed by atoms with van der Waals surface area (Å²) < 4.78 is 5.16. The Morgan fingerprint density at radius 1 is 1.32 bits per heavy atom. The number of hydrogen-bond donors (Lipinski definition) is 1. The molecule has 1 unspecified atom stereocenters. The molecule has 1 aromatic carbocycles. The van der Waals surface area contributed by atoms with E-state index < -0.39 is 0 Å². The van der Waals surface area contributed by atoms with Crippen LogP contribution in [0, 0.1) is 5.92 Å². The number of methoxy groups -OCH3 is 1. The van der Waals surface area contributed by atoms with E-state index in [1.54, 1.807) is 31.5 Å². The molecule has 0 bridgehead atoms. The Bertz CT molecular complexity index is 766. The predicted octanol–water partition coefficient (Wildman–Crippen LogP) is 4.36. The Hall–Kier alpha value is -2.27. The van der Waals surface area contributed by atoms with E-state index in [0.29, 0.717) is 22.4 Å². The van der Waals surface area contributed by atoms with Crippen molar-refractivity contribution in [1.82, 2.24) is 9.88 Å². The van der Waals surface area contributed by atoms with Crippen molar-refractivity contribution in [2.24, 2.45) is 5.92 Å². The summed E-state index contributed by atoms with van der Waals surface area (Å²) in [5.74, 6) is 1.15. The zero-order chi connectivity index (χ0) is 17.8. The molecule has 0 aliphatic carbocycles. The van der Waals surface area contributed by atoms with Gasteiger partial charge < -0.3 is 15.0 Å². The first-order valence-electron chi connectivity index (χ1n) is 8.42. The topological polar surface area (TPSA) is 54.5 Å². The smallest absolute Gasteiger partial charge is 0.272 e. The lowest BCUT2D eigenvalue weighted by atomic mass is 10.00. The molecule has 0 spiro atoms. The summed E-state index contributed by atoms with van der Waals surface area (Å²) in [5, 5.41) is 3.78. The van der Waals surface area contributed by atoms with Crippen LogP contribution in [0.3, 0.4) is 0 Å². The fraction of sp³-hybridized carbons (Fsp3) is 0.368. The van der Waals surface area contributed by atoms with Crippen LogP contribution in [0.15, 0.2) is 36.5 Å². The van der Waals surface area contributed by atoms with Crippen LogP contribution >= 0.6 is 11.6 Å². The van der Waals surface area contributed by atoms with Crippen LogP contribution in [0.2, 0.25) is 5.02 Å². The van der Waals surface area contributed by atoms with Gasteiger partial charge >= 0.3 is 0 Å². The largest absolute Gasteiger partial charge is 0.495 e. The summed E-state index contributed by atoms with van der Waals surface area (Å²) in [4.78, 5) is 18.8. The fourth-order valence-corrected chi connectivity index (χ4v) is 3.33. The number of carbonyl (C=O) groups is 1. The highest BCUT2D eigenvalue weighted by atomic mass is 35.5. The monoisotopic (exact) mass is 359 g/mol. The predicted molar refractivity (Wildman–Crippen MR) is 99.8 cm³/mol. The molecule has 2 aromatic rings. The van der Waals surface area contributed by atoms with Crippen LogP contribution < -0.4 is 10.1 Å². The average molecular weight is 360 g/mol. The quantitative estimate of drug-likeness (QED) is 0.881. The molecule has 25 heavy (non-hydrogen) atoms. The van der Waals surface area contributed by atoms with E-state index >= 15 is 0 Å². The number of aromatic nitrogens is 1. The molecule has 132 valence electrons. The van der Waals surface area contributed by atoms with E-state index in [1.807, 2.05) is 17.0 Å². The van der Waals surface area contributed by atoms with E-state index in [1.165, 1.54) is 6.42 Å². The number of rotatable bonds is 4. The van der Waals surface area contributed by atoms with Crippen LogP contribution in [0.5, 0.6) is 5.75 Å². The number of carbonyl (C=O) groups excluding carboxylic acids is 1. The minimum absolute atomic E-state index is 0.0111. The van der Waals surface area contributed by atoms with Crippen molar-refractivity contribution in [3.8, 4) is 5.75 Å². The number of piperidine rings is 1. The molecule has 1 aliphatic rings. The number of benzene rings is 1. The molecule has 5 nitrogen and oxygen atoms in total. The fourth-order valence-electron chi connectivity index (χ4n) is 3.07. The van der Waals surface area contributed by atoms with Crippen molar-refractivity contribution in [3.05, 3.63) is 47.2 Å². The third-order valence-corrected chi connectivity index (χ3v) is 4.66. The SMILES string of the molecule is COc1ccc(Nc2ccnc(C(=O)N3CCCC(C)C3)c2)cc1Cl. The number of ether oxygens (including phenoxy) is 1. The van der Waals surface area contributed by atoms with Crippen LogP contribution in [0.4, 0.5) is 11.4 Å². The second-order valence-electron chi connectivity index (χ2n) is 6.40. The van der Waals surface area contributed by atoms with Gasteiger partial charge in [-0.05, 0) is 49.1 Å². The summed E-state index contributed by atoms with van der Waals surface area (Å²) in [6, 6.07) is 9.06. The summed E-state index contributed by atoms with van der Waals surface area (Å²) >= 11 is 6.15. The minimum atomic E-state index is -0.0111. The van der Waals surface area contributed by atoms with Gasteiger partial charge in [-0.3, -0.25) is 9.78 Å². The van der Waals surface area contributed by atoms with Crippen molar-refractivity contribution in [2.75, 3.05) is 25.5 Å². The highest BCUT2D eigenvalue weighted by molar-refractivity contribution is 6.32. The van der Waals surface area contributed by atoms with Crippen molar-refractivity contribution in [3.63, 3.8) is 0 Å². The lowest BCUT2D eigenvalue weighted by Crippen LogP contribution is -2.39. The van der Waals surface area contributed by atoms with Gasteiger partial charge in [-0.25, -0.2) is 0 Å². The van der Waals surface area contributed by atoms with E-state index in [2.05, 4.69) is 17.2 Å². The molecule has 0 saturated carbocycles. The lowest BCUT2D eigenvalue weighted by Gasteiger charge is -2.30. The third kappa shape index (κ3) is 4.23. The first-order chi connectivity index (χ1) is 12.1. The van der Waals surface area contributed by atoms with Gasteiger partial charge in [-0.2, -0.15) is 0 Å². The molecule has 3 rings (SSSR count). The van der Waals surface area contributed by atoms with Crippen molar-refractivity contribution >= 4 is 28.9 Å². The summed E-state index contributed by atoms with van der Waals surface area (Å²) in [7, 11) is 1.58. The number of nitrogens with zero attached hydrogens (tertiary/aromatic N) is 2. The molecule has 1 aromatic heterocycles. The Balaban J connectivity index is 1.75. The number of halogens is 1. The molecule has 0 radical (unpaired) electrons. The molecule has 1 aliphatic heterocycles. The van der Waals surface area contributed by atoms with E-state index in [0.717, 1.165) is 30.9 Å². The highest BCUT2D eigenvalue weighted by Crippen LogP contribution is 2.29. The number of hydrogen-bond acceptors (Lipinski definition) is 4. The Morgan fingerprint density at radius 3 is 2.84 bits per heavy atom. The maximum absolute atomic E-state index is 12.7. The number of likely N-dealkylation sites (tertiary alicyclic amines) is 1. The molecule has 6 heteroatoms. The molecule has 1 fully saturated rings. The summed E-state index contributed by atoms with van der Waals surface area (Å²) in [6.45, 7) is 3.78.